The van der Waals surface area contributed by atoms with Crippen molar-refractivity contribution in [2.45, 2.75) is 25.9 Å². The normalized spacial score (nSPS) is 16.8. The minimum absolute atomic E-state index is 0.0405. The van der Waals surface area contributed by atoms with Gasteiger partial charge in [-0.2, -0.15) is 11.3 Å². The minimum Gasteiger partial charge on any atom is -0.490 e. The number of aromatic nitrogens is 2. The van der Waals surface area contributed by atoms with Crippen LogP contribution in [0.15, 0.2) is 35.0 Å². The third-order valence-corrected chi connectivity index (χ3v) is 6.73. The molecule has 2 unspecified atom stereocenters. The molecule has 0 spiro atoms. The average Bonchev–Trinajstić information content (AvgIpc) is 3.45. The summed E-state index contributed by atoms with van der Waals surface area (Å²) in [4.78, 5) is 23.6. The van der Waals surface area contributed by atoms with Crippen LogP contribution in [0, 0.1) is 25.1 Å². The first-order valence-electron chi connectivity index (χ1n) is 10.2. The molecule has 4 rings (SSSR count). The van der Waals surface area contributed by atoms with Gasteiger partial charge in [0.15, 0.2) is 0 Å². The lowest BCUT2D eigenvalue weighted by atomic mass is 10.1. The largest absolute Gasteiger partial charge is 0.490 e. The first kappa shape index (κ1) is 23.3. The second kappa shape index (κ2) is 9.54. The molecule has 7 nitrogen and oxygen atoms in total. The van der Waals surface area contributed by atoms with Crippen molar-refractivity contribution >= 4 is 34.6 Å². The van der Waals surface area contributed by atoms with Gasteiger partial charge in [-0.05, 0) is 48.4 Å². The quantitative estimate of drug-likeness (QED) is 0.538. The lowest BCUT2D eigenvalue weighted by Crippen LogP contribution is -2.29. The van der Waals surface area contributed by atoms with E-state index < -0.39 is 23.7 Å². The zero-order valence-corrected chi connectivity index (χ0v) is 19.6. The molecule has 3 heterocycles. The summed E-state index contributed by atoms with van der Waals surface area (Å²) in [5.41, 5.74) is 2.40. The Labute approximate surface area is 199 Å². The third kappa shape index (κ3) is 4.90. The van der Waals surface area contributed by atoms with Crippen LogP contribution in [0.3, 0.4) is 0 Å². The van der Waals surface area contributed by atoms with Gasteiger partial charge in [0.1, 0.15) is 30.1 Å². The van der Waals surface area contributed by atoms with Gasteiger partial charge in [-0.25, -0.2) is 14.4 Å². The number of aryl methyl sites for hydroxylation is 2. The fraction of sp³-hybridized carbons (Fsp3) is 0.304. The lowest BCUT2D eigenvalue weighted by molar-refractivity contribution is 0.0778. The zero-order chi connectivity index (χ0) is 23.7. The molecule has 2 aromatic heterocycles. The van der Waals surface area contributed by atoms with Crippen molar-refractivity contribution < 1.29 is 19.0 Å². The molecule has 0 aliphatic carbocycles. The standard InChI is InChI=1S/C23H22ClFN4O3S/c1-12-21(24)13(2)28-22(27-12)17-8-29(9-18(17)26)23(31)16-4-3-15(25)7-20(16)32-10-19(30)14-5-6-33-11-14/h3-7,11,17,19,26,30H,8-10H2,1-2H3. The van der Waals surface area contributed by atoms with Crippen LogP contribution in [0.4, 0.5) is 4.39 Å². The number of thiophene rings is 1. The molecule has 2 atom stereocenters. The SMILES string of the molecule is Cc1nc(C2CN(C(=O)c3ccc(F)cc3OCC(O)c3ccsc3)CC2=N)nc(C)c1Cl. The number of rotatable bonds is 6. The van der Waals surface area contributed by atoms with Crippen LogP contribution in [0.1, 0.15) is 45.2 Å². The van der Waals surface area contributed by atoms with Crippen molar-refractivity contribution in [3.63, 3.8) is 0 Å². The zero-order valence-electron chi connectivity index (χ0n) is 18.0. The molecule has 3 aromatic rings. The summed E-state index contributed by atoms with van der Waals surface area (Å²) in [6.07, 6.45) is -0.902. The summed E-state index contributed by atoms with van der Waals surface area (Å²) in [7, 11) is 0. The van der Waals surface area contributed by atoms with E-state index >= 15 is 0 Å². The number of halogens is 2. The predicted octanol–water partition coefficient (Wildman–Crippen LogP) is 4.32. The molecule has 1 aliphatic heterocycles. The average molecular weight is 489 g/mol. The van der Waals surface area contributed by atoms with Crippen LogP contribution in [0.25, 0.3) is 0 Å². The van der Waals surface area contributed by atoms with Gasteiger partial charge in [0.05, 0.1) is 34.4 Å². The van der Waals surface area contributed by atoms with Crippen molar-refractivity contribution in [3.8, 4) is 5.75 Å². The Kier molecular flexibility index (Phi) is 6.73. The van der Waals surface area contributed by atoms with Crippen LogP contribution in [-0.2, 0) is 0 Å². The smallest absolute Gasteiger partial charge is 0.257 e. The molecule has 1 fully saturated rings. The van der Waals surface area contributed by atoms with Gasteiger partial charge in [0.2, 0.25) is 0 Å². The highest BCUT2D eigenvalue weighted by molar-refractivity contribution is 7.07. The van der Waals surface area contributed by atoms with Crippen molar-refractivity contribution in [2.24, 2.45) is 0 Å². The van der Waals surface area contributed by atoms with E-state index in [9.17, 15) is 14.3 Å². The van der Waals surface area contributed by atoms with Crippen molar-refractivity contribution in [3.05, 3.63) is 74.2 Å². The Morgan fingerprint density at radius 3 is 2.76 bits per heavy atom. The van der Waals surface area contributed by atoms with Crippen LogP contribution in [-0.4, -0.2) is 51.3 Å². The van der Waals surface area contributed by atoms with Gasteiger partial charge >= 0.3 is 0 Å². The molecule has 10 heteroatoms. The van der Waals surface area contributed by atoms with Gasteiger partial charge in [-0.1, -0.05) is 11.6 Å². The van der Waals surface area contributed by atoms with Gasteiger partial charge < -0.3 is 20.2 Å². The molecule has 1 saturated heterocycles. The number of ether oxygens (including phenoxy) is 1. The monoisotopic (exact) mass is 488 g/mol. The summed E-state index contributed by atoms with van der Waals surface area (Å²) in [6.45, 7) is 3.73. The van der Waals surface area contributed by atoms with Crippen LogP contribution >= 0.6 is 22.9 Å². The molecular weight excluding hydrogens is 467 g/mol. The summed E-state index contributed by atoms with van der Waals surface area (Å²) in [5.74, 6) is -0.916. The first-order chi connectivity index (χ1) is 15.7. The van der Waals surface area contributed by atoms with Gasteiger partial charge in [-0.15, -0.1) is 0 Å². The van der Waals surface area contributed by atoms with Crippen molar-refractivity contribution in [2.75, 3.05) is 19.7 Å². The number of benzene rings is 1. The summed E-state index contributed by atoms with van der Waals surface area (Å²) in [6, 6.07) is 5.44. The molecular formula is C23H22ClFN4O3S. The van der Waals surface area contributed by atoms with E-state index in [-0.39, 0.29) is 31.0 Å². The molecule has 2 N–H and O–H groups in total. The second-order valence-electron chi connectivity index (χ2n) is 7.85. The van der Waals surface area contributed by atoms with Gasteiger partial charge in [-0.3, -0.25) is 4.79 Å². The Morgan fingerprint density at radius 1 is 1.36 bits per heavy atom. The number of amides is 1. The highest BCUT2D eigenvalue weighted by atomic mass is 35.5. The maximum Gasteiger partial charge on any atom is 0.257 e. The Morgan fingerprint density at radius 2 is 2.09 bits per heavy atom. The van der Waals surface area contributed by atoms with Crippen molar-refractivity contribution in [1.82, 2.24) is 14.9 Å². The Hall–Kier alpha value is -2.88. The third-order valence-electron chi connectivity index (χ3n) is 5.48. The highest BCUT2D eigenvalue weighted by Gasteiger charge is 2.35. The summed E-state index contributed by atoms with van der Waals surface area (Å²) < 4.78 is 19.6. The number of carbonyl (C=O) groups excluding carboxylic acids is 1. The molecule has 1 aliphatic rings. The van der Waals surface area contributed by atoms with E-state index in [1.807, 2.05) is 5.38 Å². The van der Waals surface area contributed by atoms with Crippen LogP contribution in [0.5, 0.6) is 5.75 Å². The molecule has 33 heavy (non-hydrogen) atoms. The number of aliphatic hydroxyl groups excluding tert-OH is 1. The highest BCUT2D eigenvalue weighted by Crippen LogP contribution is 2.29. The topological polar surface area (TPSA) is 99.4 Å². The summed E-state index contributed by atoms with van der Waals surface area (Å²) >= 11 is 7.61. The minimum atomic E-state index is -0.902. The number of carbonyl (C=O) groups is 1. The first-order valence-corrected chi connectivity index (χ1v) is 11.6. The number of nitrogens with one attached hydrogen (secondary N) is 1. The molecule has 172 valence electrons. The maximum atomic E-state index is 13.9. The number of hydrogen-bond acceptors (Lipinski definition) is 7. The van der Waals surface area contributed by atoms with Crippen LogP contribution < -0.4 is 4.74 Å². The molecule has 0 saturated carbocycles. The number of nitrogens with zero attached hydrogens (tertiary/aromatic N) is 3. The van der Waals surface area contributed by atoms with E-state index in [4.69, 9.17) is 21.7 Å². The number of aliphatic hydroxyl groups is 1. The van der Waals surface area contributed by atoms with E-state index in [2.05, 4.69) is 9.97 Å². The van der Waals surface area contributed by atoms with Crippen LogP contribution in [0.2, 0.25) is 5.02 Å². The fourth-order valence-electron chi connectivity index (χ4n) is 3.68. The van der Waals surface area contributed by atoms with Gasteiger partial charge in [0.25, 0.3) is 5.91 Å². The summed E-state index contributed by atoms with van der Waals surface area (Å²) in [5, 5.41) is 22.8. The van der Waals surface area contributed by atoms with E-state index in [1.54, 1.807) is 25.3 Å². The Balaban J connectivity index is 1.53. The molecule has 1 amide bonds. The Bertz CT molecular complexity index is 1180. The fourth-order valence-corrected chi connectivity index (χ4v) is 4.47. The van der Waals surface area contributed by atoms with E-state index in [0.717, 1.165) is 6.07 Å². The maximum absolute atomic E-state index is 13.9. The lowest BCUT2D eigenvalue weighted by Gasteiger charge is -2.19. The molecule has 0 bridgehead atoms. The van der Waals surface area contributed by atoms with E-state index in [1.165, 1.54) is 28.4 Å². The predicted molar refractivity (Wildman–Crippen MR) is 124 cm³/mol. The molecule has 0 radical (unpaired) electrons. The van der Waals surface area contributed by atoms with E-state index in [0.29, 0.717) is 33.5 Å². The number of hydrogen-bond donors (Lipinski definition) is 2. The second-order valence-corrected chi connectivity index (χ2v) is 9.01. The van der Waals surface area contributed by atoms with Gasteiger partial charge in [0, 0.05) is 18.3 Å². The molecule has 1 aromatic carbocycles. The number of likely N-dealkylation sites (tertiary alicyclic amines) is 1. The van der Waals surface area contributed by atoms with Crippen molar-refractivity contribution in [1.29, 1.82) is 5.41 Å².